The van der Waals surface area contributed by atoms with Crippen LogP contribution in [0.3, 0.4) is 0 Å². The number of para-hydroxylation sites is 1. The van der Waals surface area contributed by atoms with E-state index in [0.717, 1.165) is 5.56 Å². The average molecular weight is 363 g/mol. The molecule has 1 aliphatic rings. The molecule has 2 aromatic rings. The number of nitriles is 2. The maximum Gasteiger partial charge on any atom is 0.264 e. The molecule has 6 heteroatoms. The molecule has 0 N–H and O–H groups in total. The Morgan fingerprint density at radius 1 is 1.15 bits per heavy atom. The fraction of sp³-hybridized carbons (Fsp3) is 0.200. The van der Waals surface area contributed by atoms with Crippen molar-refractivity contribution in [3.63, 3.8) is 0 Å². The van der Waals surface area contributed by atoms with Crippen molar-refractivity contribution in [1.29, 1.82) is 10.5 Å². The lowest BCUT2D eigenvalue weighted by atomic mass is 9.86. The first kappa shape index (κ1) is 17.7. The SMILES string of the molecule is Cc1ccc(S(=O)(=O)N2CC(CC#N)/C(=C\C#N)c3ccccc32)cc1. The molecule has 1 atom stereocenters. The van der Waals surface area contributed by atoms with E-state index in [1.807, 2.05) is 13.0 Å². The quantitative estimate of drug-likeness (QED) is 0.779. The van der Waals surface area contributed by atoms with E-state index in [1.165, 1.54) is 10.4 Å². The number of sulfonamides is 1. The summed E-state index contributed by atoms with van der Waals surface area (Å²) in [4.78, 5) is 0.210. The molecule has 1 heterocycles. The fourth-order valence-corrected chi connectivity index (χ4v) is 4.70. The van der Waals surface area contributed by atoms with Crippen molar-refractivity contribution in [2.45, 2.75) is 18.2 Å². The van der Waals surface area contributed by atoms with Gasteiger partial charge in [-0.25, -0.2) is 8.42 Å². The molecule has 0 aromatic heterocycles. The van der Waals surface area contributed by atoms with Crippen LogP contribution in [-0.4, -0.2) is 15.0 Å². The van der Waals surface area contributed by atoms with E-state index >= 15 is 0 Å². The first-order chi connectivity index (χ1) is 12.5. The van der Waals surface area contributed by atoms with Crippen LogP contribution in [0.15, 0.2) is 59.5 Å². The predicted octanol–water partition coefficient (Wildman–Crippen LogP) is 3.64. The van der Waals surface area contributed by atoms with Crippen molar-refractivity contribution in [2.24, 2.45) is 5.92 Å². The van der Waals surface area contributed by atoms with E-state index in [1.54, 1.807) is 48.5 Å². The number of hydrogen-bond donors (Lipinski definition) is 0. The zero-order valence-electron chi connectivity index (χ0n) is 14.3. The molecule has 0 fully saturated rings. The second kappa shape index (κ2) is 7.03. The largest absolute Gasteiger partial charge is 0.265 e. The highest BCUT2D eigenvalue weighted by Crippen LogP contribution is 2.41. The second-order valence-electron chi connectivity index (χ2n) is 6.15. The smallest absolute Gasteiger partial charge is 0.264 e. The van der Waals surface area contributed by atoms with Crippen LogP contribution in [0.2, 0.25) is 0 Å². The van der Waals surface area contributed by atoms with Crippen LogP contribution >= 0.6 is 0 Å². The van der Waals surface area contributed by atoms with Crippen molar-refractivity contribution < 1.29 is 8.42 Å². The van der Waals surface area contributed by atoms with Gasteiger partial charge in [0.15, 0.2) is 0 Å². The van der Waals surface area contributed by atoms with Gasteiger partial charge < -0.3 is 0 Å². The molecule has 3 rings (SSSR count). The molecule has 0 aliphatic carbocycles. The van der Waals surface area contributed by atoms with E-state index < -0.39 is 10.0 Å². The Labute approximate surface area is 153 Å². The van der Waals surface area contributed by atoms with Crippen LogP contribution in [0.1, 0.15) is 17.5 Å². The molecule has 0 radical (unpaired) electrons. The zero-order chi connectivity index (χ0) is 18.7. The van der Waals surface area contributed by atoms with Crippen molar-refractivity contribution in [3.05, 3.63) is 65.7 Å². The monoisotopic (exact) mass is 363 g/mol. The van der Waals surface area contributed by atoms with Crippen molar-refractivity contribution in [2.75, 3.05) is 10.8 Å². The number of rotatable bonds is 3. The van der Waals surface area contributed by atoms with Crippen molar-refractivity contribution >= 4 is 21.3 Å². The molecule has 0 saturated heterocycles. The molecular formula is C20H17N3O2S. The van der Waals surface area contributed by atoms with Gasteiger partial charge in [0.1, 0.15) is 0 Å². The number of aryl methyl sites for hydroxylation is 1. The lowest BCUT2D eigenvalue weighted by molar-refractivity contribution is 0.580. The summed E-state index contributed by atoms with van der Waals surface area (Å²) in [6.07, 6.45) is 1.55. The molecule has 26 heavy (non-hydrogen) atoms. The molecule has 0 bridgehead atoms. The summed E-state index contributed by atoms with van der Waals surface area (Å²) in [7, 11) is -3.77. The number of hydrogen-bond acceptors (Lipinski definition) is 4. The van der Waals surface area contributed by atoms with Gasteiger partial charge in [0.25, 0.3) is 10.0 Å². The topological polar surface area (TPSA) is 85.0 Å². The van der Waals surface area contributed by atoms with E-state index in [9.17, 15) is 8.42 Å². The molecular weight excluding hydrogens is 346 g/mol. The Hall–Kier alpha value is -3.09. The highest BCUT2D eigenvalue weighted by Gasteiger charge is 2.35. The number of anilines is 1. The van der Waals surface area contributed by atoms with Gasteiger partial charge >= 0.3 is 0 Å². The highest BCUT2D eigenvalue weighted by atomic mass is 32.2. The lowest BCUT2D eigenvalue weighted by Gasteiger charge is -2.36. The zero-order valence-corrected chi connectivity index (χ0v) is 15.1. The third-order valence-electron chi connectivity index (χ3n) is 4.48. The summed E-state index contributed by atoms with van der Waals surface area (Å²) in [6.45, 7) is 2.03. The van der Waals surface area contributed by atoms with Gasteiger partial charge in [0, 0.05) is 30.5 Å². The third kappa shape index (κ3) is 3.08. The Morgan fingerprint density at radius 3 is 2.50 bits per heavy atom. The normalized spacial score (nSPS) is 18.0. The number of fused-ring (bicyclic) bond motifs is 1. The maximum absolute atomic E-state index is 13.2. The van der Waals surface area contributed by atoms with Gasteiger partial charge in [-0.15, -0.1) is 0 Å². The summed E-state index contributed by atoms with van der Waals surface area (Å²) in [5.41, 5.74) is 2.89. The standard InChI is InChI=1S/C20H17N3O2S/c1-15-6-8-17(9-7-15)26(24,25)23-14-16(10-12-21)18(11-13-22)19-4-2-3-5-20(19)23/h2-9,11,16H,10,14H2,1H3/b18-11+. The summed E-state index contributed by atoms with van der Waals surface area (Å²) in [6, 6.07) is 17.9. The first-order valence-corrected chi connectivity index (χ1v) is 9.58. The van der Waals surface area contributed by atoms with E-state index in [4.69, 9.17) is 10.5 Å². The summed E-state index contributed by atoms with van der Waals surface area (Å²) in [5, 5.41) is 18.3. The minimum absolute atomic E-state index is 0.133. The minimum atomic E-state index is -3.77. The van der Waals surface area contributed by atoms with Crippen LogP contribution in [0.25, 0.3) is 5.57 Å². The highest BCUT2D eigenvalue weighted by molar-refractivity contribution is 7.92. The molecule has 5 nitrogen and oxygen atoms in total. The van der Waals surface area contributed by atoms with Crippen molar-refractivity contribution in [1.82, 2.24) is 0 Å². The van der Waals surface area contributed by atoms with Gasteiger partial charge in [-0.05, 0) is 30.7 Å². The Bertz CT molecular complexity index is 1040. The van der Waals surface area contributed by atoms with Crippen LogP contribution in [-0.2, 0) is 10.0 Å². The van der Waals surface area contributed by atoms with Crippen LogP contribution < -0.4 is 4.31 Å². The Kier molecular flexibility index (Phi) is 4.79. The molecule has 0 spiro atoms. The molecule has 0 saturated carbocycles. The van der Waals surface area contributed by atoms with E-state index in [-0.39, 0.29) is 23.8 Å². The summed E-state index contributed by atoms with van der Waals surface area (Å²) in [5.74, 6) is -0.352. The van der Waals surface area contributed by atoms with Gasteiger partial charge in [-0.3, -0.25) is 4.31 Å². The van der Waals surface area contributed by atoms with Gasteiger partial charge in [-0.2, -0.15) is 10.5 Å². The Balaban J connectivity index is 2.17. The average Bonchev–Trinajstić information content (AvgIpc) is 2.64. The molecule has 1 unspecified atom stereocenters. The van der Waals surface area contributed by atoms with E-state index in [2.05, 4.69) is 6.07 Å². The molecule has 0 amide bonds. The molecule has 1 aliphatic heterocycles. The third-order valence-corrected chi connectivity index (χ3v) is 6.27. The lowest BCUT2D eigenvalue weighted by Crippen LogP contribution is -2.39. The number of allylic oxidation sites excluding steroid dienone is 1. The number of nitrogens with zero attached hydrogens (tertiary/aromatic N) is 3. The first-order valence-electron chi connectivity index (χ1n) is 8.14. The van der Waals surface area contributed by atoms with Gasteiger partial charge in [-0.1, -0.05) is 35.9 Å². The fourth-order valence-electron chi connectivity index (χ4n) is 3.17. The Morgan fingerprint density at radius 2 is 1.85 bits per heavy atom. The van der Waals surface area contributed by atoms with Crippen LogP contribution in [0.4, 0.5) is 5.69 Å². The summed E-state index contributed by atoms with van der Waals surface area (Å²) >= 11 is 0. The second-order valence-corrected chi connectivity index (χ2v) is 8.02. The van der Waals surface area contributed by atoms with Gasteiger partial charge in [0.2, 0.25) is 0 Å². The van der Waals surface area contributed by atoms with Crippen LogP contribution in [0.5, 0.6) is 0 Å². The predicted molar refractivity (Wildman–Crippen MR) is 99.5 cm³/mol. The molecule has 2 aromatic carbocycles. The van der Waals surface area contributed by atoms with Crippen LogP contribution in [0, 0.1) is 35.5 Å². The minimum Gasteiger partial charge on any atom is -0.265 e. The maximum atomic E-state index is 13.2. The molecule has 130 valence electrons. The van der Waals surface area contributed by atoms with Gasteiger partial charge in [0.05, 0.1) is 22.7 Å². The van der Waals surface area contributed by atoms with Crippen molar-refractivity contribution in [3.8, 4) is 12.1 Å². The van der Waals surface area contributed by atoms with E-state index in [0.29, 0.717) is 16.8 Å². The summed E-state index contributed by atoms with van der Waals surface area (Å²) < 4.78 is 27.8. The number of benzene rings is 2.